The molecule has 1 aliphatic carbocycles. The Bertz CT molecular complexity index is 1550. The van der Waals surface area contributed by atoms with Crippen LogP contribution in [0.15, 0.2) is 66.9 Å². The van der Waals surface area contributed by atoms with E-state index in [-0.39, 0.29) is 23.5 Å². The maximum atomic E-state index is 13.5. The highest BCUT2D eigenvalue weighted by Crippen LogP contribution is 2.29. The highest BCUT2D eigenvalue weighted by Gasteiger charge is 2.29. The Hall–Kier alpha value is -4.30. The van der Waals surface area contributed by atoms with Gasteiger partial charge in [0, 0.05) is 29.0 Å². The van der Waals surface area contributed by atoms with Crippen LogP contribution >= 0.6 is 0 Å². The molecule has 5 rings (SSSR count). The molecule has 3 aromatic carbocycles. The Kier molecular flexibility index (Phi) is 8.59. The van der Waals surface area contributed by atoms with Gasteiger partial charge in [0.2, 0.25) is 11.8 Å². The van der Waals surface area contributed by atoms with Crippen molar-refractivity contribution in [1.82, 2.24) is 15.5 Å². The van der Waals surface area contributed by atoms with Gasteiger partial charge in [0.1, 0.15) is 6.04 Å². The van der Waals surface area contributed by atoms with E-state index in [2.05, 4.69) is 20.8 Å². The van der Waals surface area contributed by atoms with Gasteiger partial charge in [-0.1, -0.05) is 36.4 Å². The Morgan fingerprint density at radius 2 is 1.76 bits per heavy atom. The lowest BCUT2D eigenvalue weighted by Crippen LogP contribution is -2.48. The predicted octanol–water partition coefficient (Wildman–Crippen LogP) is 5.17. The number of H-pyrrole nitrogens is 1. The maximum Gasteiger partial charge on any atom is 0.247 e. The van der Waals surface area contributed by atoms with E-state index in [9.17, 15) is 14.4 Å². The minimum absolute atomic E-state index is 0.0401. The van der Waals surface area contributed by atoms with Crippen LogP contribution in [0.4, 0.5) is 5.69 Å². The van der Waals surface area contributed by atoms with Crippen molar-refractivity contribution in [2.45, 2.75) is 52.0 Å². The number of nitrogens with zero attached hydrogens (tertiary/aromatic N) is 1. The van der Waals surface area contributed by atoms with Gasteiger partial charge >= 0.3 is 0 Å². The van der Waals surface area contributed by atoms with Gasteiger partial charge in [-0.3, -0.25) is 19.5 Å². The van der Waals surface area contributed by atoms with E-state index >= 15 is 0 Å². The van der Waals surface area contributed by atoms with Gasteiger partial charge in [-0.25, -0.2) is 0 Å². The number of benzene rings is 3. The van der Waals surface area contributed by atoms with Crippen LogP contribution in [0.5, 0.6) is 0 Å². The Morgan fingerprint density at radius 3 is 2.44 bits per heavy atom. The first-order valence-corrected chi connectivity index (χ1v) is 14.3. The molecule has 1 fully saturated rings. The smallest absolute Gasteiger partial charge is 0.247 e. The lowest BCUT2D eigenvalue weighted by Gasteiger charge is -2.28. The molecule has 0 bridgehead atoms. The summed E-state index contributed by atoms with van der Waals surface area (Å²) in [5.74, 6) is 0.0439. The predicted molar refractivity (Wildman–Crippen MR) is 161 cm³/mol. The van der Waals surface area contributed by atoms with Crippen LogP contribution in [-0.2, 0) is 16.0 Å². The number of nitrogens with two attached hydrogens (primary N) is 1. The van der Waals surface area contributed by atoms with Gasteiger partial charge in [-0.05, 0) is 98.5 Å². The highest BCUT2D eigenvalue weighted by molar-refractivity contribution is 5.99. The molecule has 2 amide bonds. The summed E-state index contributed by atoms with van der Waals surface area (Å²) in [5, 5.41) is 14.0. The minimum atomic E-state index is -0.741. The van der Waals surface area contributed by atoms with Crippen molar-refractivity contribution in [3.05, 3.63) is 83.6 Å². The molecule has 41 heavy (non-hydrogen) atoms. The minimum Gasteiger partial charge on any atom is -0.344 e. The second kappa shape index (κ2) is 12.5. The van der Waals surface area contributed by atoms with Crippen molar-refractivity contribution in [2.24, 2.45) is 17.6 Å². The summed E-state index contributed by atoms with van der Waals surface area (Å²) in [7, 11) is 0. The number of rotatable bonds is 9. The van der Waals surface area contributed by atoms with E-state index < -0.39 is 6.04 Å². The molecule has 0 aliphatic heterocycles. The van der Waals surface area contributed by atoms with Gasteiger partial charge in [-0.2, -0.15) is 5.10 Å². The topological polar surface area (TPSA) is 130 Å². The summed E-state index contributed by atoms with van der Waals surface area (Å²) in [5.41, 5.74) is 12.0. The molecule has 1 aliphatic rings. The summed E-state index contributed by atoms with van der Waals surface area (Å²) < 4.78 is 0. The number of fused-ring (bicyclic) bond motifs is 1. The number of carbonyl (C=O) groups excluding carboxylic acids is 3. The molecule has 212 valence electrons. The number of aryl methyl sites for hydroxylation is 1. The van der Waals surface area contributed by atoms with E-state index in [0.29, 0.717) is 30.1 Å². The fourth-order valence-corrected chi connectivity index (χ4v) is 5.67. The van der Waals surface area contributed by atoms with Crippen LogP contribution in [0.25, 0.3) is 22.0 Å². The molecule has 1 unspecified atom stereocenters. The van der Waals surface area contributed by atoms with Crippen LogP contribution in [0.3, 0.4) is 0 Å². The molecule has 0 spiro atoms. The highest BCUT2D eigenvalue weighted by atomic mass is 16.2. The van der Waals surface area contributed by atoms with E-state index in [4.69, 9.17) is 5.73 Å². The standard InChI is InChI=1S/C33H37N5O3/c1-20-15-26(21(2)39)12-14-29(20)24-7-3-22(4-8-24)16-31(37-32(40)25-9-5-23(18-34)6-10-25)33(41)36-28-13-11-27-19-35-38-30(27)17-28/h3-4,7-8,11-15,17,19,23,25,31H,5-6,9-10,16,18,34H2,1-2H3,(H,35,38)(H,36,41)(H,37,40). The zero-order valence-corrected chi connectivity index (χ0v) is 23.6. The number of anilines is 1. The molecule has 8 heteroatoms. The van der Waals surface area contributed by atoms with Gasteiger partial charge in [0.05, 0.1) is 11.7 Å². The van der Waals surface area contributed by atoms with Crippen molar-refractivity contribution >= 4 is 34.2 Å². The quantitative estimate of drug-likeness (QED) is 0.213. The zero-order valence-electron chi connectivity index (χ0n) is 23.6. The molecule has 4 aromatic rings. The average molecular weight is 552 g/mol. The number of aromatic nitrogens is 2. The summed E-state index contributed by atoms with van der Waals surface area (Å²) in [6.07, 6.45) is 5.52. The van der Waals surface area contributed by atoms with Crippen molar-refractivity contribution in [3.8, 4) is 11.1 Å². The van der Waals surface area contributed by atoms with E-state index in [1.807, 2.05) is 67.6 Å². The fraction of sp³-hybridized carbons (Fsp3) is 0.333. The summed E-state index contributed by atoms with van der Waals surface area (Å²) >= 11 is 0. The van der Waals surface area contributed by atoms with Crippen LogP contribution in [-0.4, -0.2) is 40.4 Å². The molecule has 1 aromatic heterocycles. The molecule has 0 saturated heterocycles. The number of carbonyl (C=O) groups is 3. The van der Waals surface area contributed by atoms with Gasteiger partial charge in [0.15, 0.2) is 5.78 Å². The van der Waals surface area contributed by atoms with Gasteiger partial charge in [-0.15, -0.1) is 0 Å². The molecular weight excluding hydrogens is 514 g/mol. The van der Waals surface area contributed by atoms with E-state index in [1.165, 1.54) is 0 Å². The number of hydrogen-bond donors (Lipinski definition) is 4. The Labute approximate surface area is 240 Å². The number of amides is 2. The number of nitrogens with one attached hydrogen (secondary N) is 3. The number of hydrogen-bond acceptors (Lipinski definition) is 5. The SMILES string of the molecule is CC(=O)c1ccc(-c2ccc(CC(NC(=O)C3CCC(CN)CC3)C(=O)Nc3ccc4cn[nH]c4c3)cc2)c(C)c1. The molecule has 5 N–H and O–H groups in total. The zero-order chi connectivity index (χ0) is 28.9. The normalized spacial score (nSPS) is 17.6. The molecule has 0 radical (unpaired) electrons. The van der Waals surface area contributed by atoms with E-state index in [0.717, 1.165) is 58.8 Å². The summed E-state index contributed by atoms with van der Waals surface area (Å²) in [4.78, 5) is 38.6. The molecular formula is C33H37N5O3. The van der Waals surface area contributed by atoms with Gasteiger partial charge < -0.3 is 16.4 Å². The molecule has 8 nitrogen and oxygen atoms in total. The monoisotopic (exact) mass is 551 g/mol. The third-order valence-corrected chi connectivity index (χ3v) is 8.23. The van der Waals surface area contributed by atoms with Crippen LogP contribution in [0.1, 0.15) is 54.1 Å². The maximum absolute atomic E-state index is 13.5. The van der Waals surface area contributed by atoms with Crippen LogP contribution < -0.4 is 16.4 Å². The third kappa shape index (κ3) is 6.72. The van der Waals surface area contributed by atoms with E-state index in [1.54, 1.807) is 13.1 Å². The largest absolute Gasteiger partial charge is 0.344 e. The van der Waals surface area contributed by atoms with Crippen LogP contribution in [0.2, 0.25) is 0 Å². The first-order valence-electron chi connectivity index (χ1n) is 14.3. The van der Waals surface area contributed by atoms with Crippen molar-refractivity contribution in [2.75, 3.05) is 11.9 Å². The first-order chi connectivity index (χ1) is 19.8. The number of ketones is 1. The van der Waals surface area contributed by atoms with Crippen LogP contribution in [0, 0.1) is 18.8 Å². The third-order valence-electron chi connectivity index (χ3n) is 8.23. The lowest BCUT2D eigenvalue weighted by molar-refractivity contribution is -0.130. The molecule has 1 atom stereocenters. The Balaban J connectivity index is 1.33. The number of Topliss-reactive ketones (excluding diaryl/α,β-unsaturated/α-hetero) is 1. The Morgan fingerprint density at radius 1 is 1.00 bits per heavy atom. The van der Waals surface area contributed by atoms with Crippen molar-refractivity contribution in [3.63, 3.8) is 0 Å². The van der Waals surface area contributed by atoms with Crippen molar-refractivity contribution < 1.29 is 14.4 Å². The fourth-order valence-electron chi connectivity index (χ4n) is 5.67. The molecule has 1 saturated carbocycles. The lowest BCUT2D eigenvalue weighted by atomic mass is 9.81. The molecule has 1 heterocycles. The average Bonchev–Trinajstić information content (AvgIpc) is 3.45. The first kappa shape index (κ1) is 28.2. The van der Waals surface area contributed by atoms with Crippen molar-refractivity contribution in [1.29, 1.82) is 0 Å². The summed E-state index contributed by atoms with van der Waals surface area (Å²) in [6.45, 7) is 4.21. The second-order valence-corrected chi connectivity index (χ2v) is 11.2. The summed E-state index contributed by atoms with van der Waals surface area (Å²) in [6, 6.07) is 18.5. The van der Waals surface area contributed by atoms with Gasteiger partial charge in [0.25, 0.3) is 0 Å². The number of aromatic amines is 1. The second-order valence-electron chi connectivity index (χ2n) is 11.2.